The number of rotatable bonds is 9. The maximum Gasteiger partial charge on any atom is 0.119 e. The fourth-order valence-corrected chi connectivity index (χ4v) is 1.72. The molecule has 18 heavy (non-hydrogen) atoms. The molecule has 0 aliphatic carbocycles. The van der Waals surface area contributed by atoms with Crippen molar-refractivity contribution < 1.29 is 4.74 Å². The third kappa shape index (κ3) is 6.03. The topological polar surface area (TPSA) is 24.5 Å². The summed E-state index contributed by atoms with van der Waals surface area (Å²) in [6, 6.07) is 8.43. The molecule has 0 saturated carbocycles. The zero-order valence-corrected chi connectivity index (χ0v) is 11.9. The Kier molecular flexibility index (Phi) is 7.46. The Morgan fingerprint density at radius 1 is 1.22 bits per heavy atom. The molecule has 0 atom stereocenters. The van der Waals surface area contributed by atoms with Crippen LogP contribution in [0.4, 0.5) is 0 Å². The summed E-state index contributed by atoms with van der Waals surface area (Å²) in [5.74, 6) is 0.977. The van der Waals surface area contributed by atoms with Crippen molar-refractivity contribution in [3.8, 4) is 5.75 Å². The van der Waals surface area contributed by atoms with E-state index in [1.54, 1.807) is 0 Å². The van der Waals surface area contributed by atoms with E-state index < -0.39 is 0 Å². The molecule has 1 aromatic carbocycles. The van der Waals surface area contributed by atoms with Crippen LogP contribution in [0.25, 0.3) is 0 Å². The lowest BCUT2D eigenvalue weighted by Gasteiger charge is -2.16. The predicted octanol–water partition coefficient (Wildman–Crippen LogP) is 2.52. The Morgan fingerprint density at radius 2 is 1.94 bits per heavy atom. The van der Waals surface area contributed by atoms with E-state index in [2.05, 4.69) is 48.5 Å². The lowest BCUT2D eigenvalue weighted by Crippen LogP contribution is -2.26. The van der Waals surface area contributed by atoms with Crippen LogP contribution in [0.3, 0.4) is 0 Å². The Labute approximate surface area is 111 Å². The van der Waals surface area contributed by atoms with Crippen molar-refractivity contribution in [2.75, 3.05) is 33.8 Å². The van der Waals surface area contributed by atoms with Gasteiger partial charge in [0.05, 0.1) is 6.61 Å². The Balaban J connectivity index is 2.35. The second-order valence-corrected chi connectivity index (χ2v) is 4.69. The molecule has 3 nitrogen and oxygen atoms in total. The number of benzene rings is 1. The summed E-state index contributed by atoms with van der Waals surface area (Å²) in [5, 5.41) is 3.16. The molecule has 1 aromatic rings. The monoisotopic (exact) mass is 250 g/mol. The van der Waals surface area contributed by atoms with E-state index in [9.17, 15) is 0 Å². The van der Waals surface area contributed by atoms with Crippen molar-refractivity contribution in [3.63, 3.8) is 0 Å². The third-order valence-corrected chi connectivity index (χ3v) is 2.89. The molecule has 1 N–H and O–H groups in total. The zero-order valence-electron chi connectivity index (χ0n) is 11.9. The predicted molar refractivity (Wildman–Crippen MR) is 77.1 cm³/mol. The van der Waals surface area contributed by atoms with Gasteiger partial charge in [0.2, 0.25) is 0 Å². The number of nitrogens with one attached hydrogen (secondary N) is 1. The first-order valence-corrected chi connectivity index (χ1v) is 6.81. The van der Waals surface area contributed by atoms with Crippen LogP contribution in [0.5, 0.6) is 5.75 Å². The summed E-state index contributed by atoms with van der Waals surface area (Å²) >= 11 is 0. The summed E-state index contributed by atoms with van der Waals surface area (Å²) in [4.78, 5) is 2.31. The average molecular weight is 250 g/mol. The average Bonchev–Trinajstić information content (AvgIpc) is 2.39. The number of unbranched alkanes of at least 4 members (excludes halogenated alkanes) is 1. The highest BCUT2D eigenvalue weighted by molar-refractivity contribution is 5.27. The SMILES string of the molecule is CCCCOc1ccc(CN(C)CCNC)cc1. The maximum atomic E-state index is 5.65. The molecule has 0 aliphatic rings. The van der Waals surface area contributed by atoms with E-state index >= 15 is 0 Å². The molecule has 0 saturated heterocycles. The first-order chi connectivity index (χ1) is 8.76. The molecule has 0 fully saturated rings. The minimum absolute atomic E-state index is 0.817. The second-order valence-electron chi connectivity index (χ2n) is 4.69. The fourth-order valence-electron chi connectivity index (χ4n) is 1.72. The van der Waals surface area contributed by atoms with Crippen LogP contribution in [0.15, 0.2) is 24.3 Å². The largest absolute Gasteiger partial charge is 0.494 e. The van der Waals surface area contributed by atoms with E-state index in [0.717, 1.165) is 38.4 Å². The van der Waals surface area contributed by atoms with Gasteiger partial charge in [-0.3, -0.25) is 0 Å². The maximum absolute atomic E-state index is 5.65. The van der Waals surface area contributed by atoms with Crippen molar-refractivity contribution >= 4 is 0 Å². The molecular formula is C15H26N2O. The summed E-state index contributed by atoms with van der Waals surface area (Å²) in [6.45, 7) is 6.06. The van der Waals surface area contributed by atoms with Crippen LogP contribution < -0.4 is 10.1 Å². The minimum atomic E-state index is 0.817. The van der Waals surface area contributed by atoms with Crippen molar-refractivity contribution in [3.05, 3.63) is 29.8 Å². The van der Waals surface area contributed by atoms with Gasteiger partial charge in [0.1, 0.15) is 5.75 Å². The van der Waals surface area contributed by atoms with Gasteiger partial charge in [-0.15, -0.1) is 0 Å². The lowest BCUT2D eigenvalue weighted by atomic mass is 10.2. The number of hydrogen-bond donors (Lipinski definition) is 1. The van der Waals surface area contributed by atoms with Crippen LogP contribution in [-0.4, -0.2) is 38.7 Å². The minimum Gasteiger partial charge on any atom is -0.494 e. The first-order valence-electron chi connectivity index (χ1n) is 6.81. The van der Waals surface area contributed by atoms with Gasteiger partial charge in [0.15, 0.2) is 0 Å². The molecule has 0 heterocycles. The molecule has 0 spiro atoms. The highest BCUT2D eigenvalue weighted by atomic mass is 16.5. The summed E-state index contributed by atoms with van der Waals surface area (Å²) < 4.78 is 5.65. The lowest BCUT2D eigenvalue weighted by molar-refractivity contribution is 0.308. The van der Waals surface area contributed by atoms with Crippen LogP contribution in [0.1, 0.15) is 25.3 Å². The Morgan fingerprint density at radius 3 is 2.56 bits per heavy atom. The standard InChI is InChI=1S/C15H26N2O/c1-4-5-12-18-15-8-6-14(7-9-15)13-17(3)11-10-16-2/h6-9,16H,4-5,10-13H2,1-3H3. The van der Waals surface area contributed by atoms with E-state index in [1.807, 2.05) is 7.05 Å². The van der Waals surface area contributed by atoms with E-state index in [0.29, 0.717) is 0 Å². The first kappa shape index (κ1) is 15.0. The Bertz CT molecular complexity index is 311. The van der Waals surface area contributed by atoms with Gasteiger partial charge in [-0.05, 0) is 38.2 Å². The van der Waals surface area contributed by atoms with E-state index in [1.165, 1.54) is 12.0 Å². The molecule has 0 unspecified atom stereocenters. The number of likely N-dealkylation sites (N-methyl/N-ethyl adjacent to an activating group) is 2. The van der Waals surface area contributed by atoms with Crippen LogP contribution in [0.2, 0.25) is 0 Å². The Hall–Kier alpha value is -1.06. The highest BCUT2D eigenvalue weighted by Crippen LogP contribution is 2.13. The van der Waals surface area contributed by atoms with Gasteiger partial charge in [0, 0.05) is 19.6 Å². The van der Waals surface area contributed by atoms with E-state index in [4.69, 9.17) is 4.74 Å². The van der Waals surface area contributed by atoms with Gasteiger partial charge < -0.3 is 15.0 Å². The van der Waals surface area contributed by atoms with Crippen molar-refractivity contribution in [1.82, 2.24) is 10.2 Å². The highest BCUT2D eigenvalue weighted by Gasteiger charge is 2.00. The van der Waals surface area contributed by atoms with Crippen molar-refractivity contribution in [2.45, 2.75) is 26.3 Å². The van der Waals surface area contributed by atoms with Crippen molar-refractivity contribution in [2.24, 2.45) is 0 Å². The van der Waals surface area contributed by atoms with Gasteiger partial charge >= 0.3 is 0 Å². The molecule has 0 radical (unpaired) electrons. The molecular weight excluding hydrogens is 224 g/mol. The summed E-state index contributed by atoms with van der Waals surface area (Å²) in [7, 11) is 4.12. The van der Waals surface area contributed by atoms with Crippen molar-refractivity contribution in [1.29, 1.82) is 0 Å². The third-order valence-electron chi connectivity index (χ3n) is 2.89. The smallest absolute Gasteiger partial charge is 0.119 e. The van der Waals surface area contributed by atoms with Gasteiger partial charge in [-0.2, -0.15) is 0 Å². The van der Waals surface area contributed by atoms with Gasteiger partial charge in [0.25, 0.3) is 0 Å². The molecule has 0 amide bonds. The quantitative estimate of drug-likeness (QED) is 0.682. The number of ether oxygens (including phenoxy) is 1. The molecule has 0 aromatic heterocycles. The molecule has 102 valence electrons. The van der Waals surface area contributed by atoms with E-state index in [-0.39, 0.29) is 0 Å². The second kappa shape index (κ2) is 8.95. The molecule has 3 heteroatoms. The molecule has 0 bridgehead atoms. The van der Waals surface area contributed by atoms with Crippen LogP contribution >= 0.6 is 0 Å². The molecule has 1 rings (SSSR count). The molecule has 0 aliphatic heterocycles. The van der Waals surface area contributed by atoms with Crippen LogP contribution in [-0.2, 0) is 6.54 Å². The summed E-state index contributed by atoms with van der Waals surface area (Å²) in [6.07, 6.45) is 2.29. The summed E-state index contributed by atoms with van der Waals surface area (Å²) in [5.41, 5.74) is 1.33. The number of nitrogens with zero attached hydrogens (tertiary/aromatic N) is 1. The van der Waals surface area contributed by atoms with Gasteiger partial charge in [-0.1, -0.05) is 25.5 Å². The number of hydrogen-bond acceptors (Lipinski definition) is 3. The van der Waals surface area contributed by atoms with Gasteiger partial charge in [-0.25, -0.2) is 0 Å². The fraction of sp³-hybridized carbons (Fsp3) is 0.600. The van der Waals surface area contributed by atoms with Crippen LogP contribution in [0, 0.1) is 0 Å². The normalized spacial score (nSPS) is 10.9. The zero-order chi connectivity index (χ0) is 13.2.